The van der Waals surface area contributed by atoms with Crippen LogP contribution in [-0.2, 0) is 0 Å². The minimum absolute atomic E-state index is 0.394. The highest BCUT2D eigenvalue weighted by atomic mass is 35.5. The highest BCUT2D eigenvalue weighted by molar-refractivity contribution is 7.99. The van der Waals surface area contributed by atoms with Gasteiger partial charge in [0.15, 0.2) is 0 Å². The van der Waals surface area contributed by atoms with E-state index in [9.17, 15) is 0 Å². The molecular weight excluding hydrogens is 273 g/mol. The first kappa shape index (κ1) is 13.4. The van der Waals surface area contributed by atoms with Gasteiger partial charge < -0.3 is 5.32 Å². The lowest BCUT2D eigenvalue weighted by Gasteiger charge is -2.35. The van der Waals surface area contributed by atoms with Crippen molar-refractivity contribution in [3.8, 4) is 0 Å². The molecule has 1 atom stereocenters. The number of nitrogens with one attached hydrogen (secondary N) is 1. The minimum atomic E-state index is 0.394. The summed E-state index contributed by atoms with van der Waals surface area (Å²) < 4.78 is 0. The van der Waals surface area contributed by atoms with Crippen LogP contribution < -0.4 is 5.32 Å². The Balaban J connectivity index is 2.07. The monoisotopic (exact) mass is 289 g/mol. The van der Waals surface area contributed by atoms with Crippen LogP contribution in [0.4, 0.5) is 5.69 Å². The molecule has 94 valence electrons. The van der Waals surface area contributed by atoms with Gasteiger partial charge in [0.25, 0.3) is 0 Å². The molecule has 0 bridgehead atoms. The van der Waals surface area contributed by atoms with Gasteiger partial charge in [0, 0.05) is 16.8 Å². The van der Waals surface area contributed by atoms with E-state index in [0.29, 0.717) is 11.5 Å². The lowest BCUT2D eigenvalue weighted by molar-refractivity contribution is 0.358. The molecule has 1 aliphatic heterocycles. The smallest absolute Gasteiger partial charge is 0.0638 e. The first-order valence-electron chi connectivity index (χ1n) is 5.76. The van der Waals surface area contributed by atoms with Gasteiger partial charge in [-0.1, -0.05) is 37.0 Å². The first-order chi connectivity index (χ1) is 7.96. The van der Waals surface area contributed by atoms with Crippen molar-refractivity contribution < 1.29 is 0 Å². The van der Waals surface area contributed by atoms with Gasteiger partial charge in [0.05, 0.1) is 10.7 Å². The van der Waals surface area contributed by atoms with E-state index in [1.165, 1.54) is 12.2 Å². The Kier molecular flexibility index (Phi) is 4.17. The molecule has 0 saturated carbocycles. The van der Waals surface area contributed by atoms with Gasteiger partial charge in [-0.25, -0.2) is 0 Å². The van der Waals surface area contributed by atoms with Crippen LogP contribution in [0.2, 0.25) is 10.0 Å². The maximum absolute atomic E-state index is 6.16. The predicted molar refractivity (Wildman–Crippen MR) is 79.6 cm³/mol. The van der Waals surface area contributed by atoms with Crippen molar-refractivity contribution in [2.24, 2.45) is 5.41 Å². The lowest BCUT2D eigenvalue weighted by Crippen LogP contribution is -2.35. The van der Waals surface area contributed by atoms with Crippen molar-refractivity contribution in [1.82, 2.24) is 0 Å². The average Bonchev–Trinajstić information content (AvgIpc) is 2.22. The third-order valence-electron chi connectivity index (χ3n) is 2.90. The zero-order valence-corrected chi connectivity index (χ0v) is 12.4. The molecule has 1 saturated heterocycles. The largest absolute Gasteiger partial charge is 0.380 e. The highest BCUT2D eigenvalue weighted by Gasteiger charge is 2.28. The van der Waals surface area contributed by atoms with E-state index in [0.717, 1.165) is 21.5 Å². The summed E-state index contributed by atoms with van der Waals surface area (Å²) in [6.45, 7) is 4.63. The summed E-state index contributed by atoms with van der Waals surface area (Å²) in [6, 6.07) is 6.03. The van der Waals surface area contributed by atoms with Crippen LogP contribution in [0.15, 0.2) is 18.2 Å². The number of benzene rings is 1. The number of anilines is 1. The summed E-state index contributed by atoms with van der Waals surface area (Å²) in [4.78, 5) is 0. The highest BCUT2D eigenvalue weighted by Crippen LogP contribution is 2.36. The second-order valence-corrected chi connectivity index (χ2v) is 7.22. The lowest BCUT2D eigenvalue weighted by atomic mass is 9.88. The molecule has 17 heavy (non-hydrogen) atoms. The van der Waals surface area contributed by atoms with Crippen LogP contribution in [0.3, 0.4) is 0 Å². The van der Waals surface area contributed by atoms with E-state index in [-0.39, 0.29) is 0 Å². The number of hydrogen-bond acceptors (Lipinski definition) is 2. The number of thioether (sulfide) groups is 1. The molecule has 0 radical (unpaired) electrons. The van der Waals surface area contributed by atoms with E-state index >= 15 is 0 Å². The van der Waals surface area contributed by atoms with E-state index in [1.54, 1.807) is 0 Å². The molecule has 1 N–H and O–H groups in total. The number of hydrogen-bond donors (Lipinski definition) is 1. The van der Waals surface area contributed by atoms with Gasteiger partial charge in [0.1, 0.15) is 0 Å². The standard InChI is InChI=1S/C13H17Cl2NS/c1-13(2)6-10(7-17-8-13)16-12-5-9(14)3-4-11(12)15/h3-5,10,16H,6-8H2,1-2H3. The second kappa shape index (κ2) is 5.29. The third-order valence-corrected chi connectivity index (χ3v) is 5.09. The van der Waals surface area contributed by atoms with Gasteiger partial charge in [-0.2, -0.15) is 11.8 Å². The van der Waals surface area contributed by atoms with E-state index in [1.807, 2.05) is 30.0 Å². The van der Waals surface area contributed by atoms with Gasteiger partial charge >= 0.3 is 0 Å². The predicted octanol–water partition coefficient (Wildman–Crippen LogP) is 4.94. The molecule has 1 heterocycles. The maximum atomic E-state index is 6.16. The van der Waals surface area contributed by atoms with Gasteiger partial charge in [-0.3, -0.25) is 0 Å². The molecular formula is C13H17Cl2NS. The fourth-order valence-electron chi connectivity index (χ4n) is 2.18. The Labute approximate surface area is 117 Å². The molecule has 4 heteroatoms. The quantitative estimate of drug-likeness (QED) is 0.828. The Bertz CT molecular complexity index is 406. The average molecular weight is 290 g/mol. The summed E-state index contributed by atoms with van der Waals surface area (Å²) >= 11 is 14.1. The molecule has 0 spiro atoms. The summed E-state index contributed by atoms with van der Waals surface area (Å²) in [6.07, 6.45) is 1.17. The topological polar surface area (TPSA) is 12.0 Å². The van der Waals surface area contributed by atoms with Crippen LogP contribution >= 0.6 is 35.0 Å². The van der Waals surface area contributed by atoms with E-state index < -0.39 is 0 Å². The molecule has 1 nitrogen and oxygen atoms in total. The van der Waals surface area contributed by atoms with Crippen LogP contribution in [0.1, 0.15) is 20.3 Å². The molecule has 1 aromatic rings. The normalized spacial score (nSPS) is 23.4. The molecule has 0 amide bonds. The van der Waals surface area contributed by atoms with Gasteiger partial charge in [-0.15, -0.1) is 0 Å². The Morgan fingerprint density at radius 2 is 2.12 bits per heavy atom. The SMILES string of the molecule is CC1(C)CSCC(Nc2cc(Cl)ccc2Cl)C1. The molecule has 0 aliphatic carbocycles. The zero-order valence-electron chi connectivity index (χ0n) is 10.1. The summed E-state index contributed by atoms with van der Waals surface area (Å²) in [5, 5.41) is 4.97. The van der Waals surface area contributed by atoms with Crippen molar-refractivity contribution in [2.75, 3.05) is 16.8 Å². The number of halogens is 2. The summed E-state index contributed by atoms with van der Waals surface area (Å²) in [7, 11) is 0. The molecule has 2 rings (SSSR count). The van der Waals surface area contributed by atoms with Crippen LogP contribution in [0.25, 0.3) is 0 Å². The number of rotatable bonds is 2. The summed E-state index contributed by atoms with van der Waals surface area (Å²) in [5.41, 5.74) is 1.34. The van der Waals surface area contributed by atoms with E-state index in [2.05, 4.69) is 19.2 Å². The van der Waals surface area contributed by atoms with Crippen molar-refractivity contribution in [2.45, 2.75) is 26.3 Å². The molecule has 1 unspecified atom stereocenters. The van der Waals surface area contributed by atoms with Crippen LogP contribution in [-0.4, -0.2) is 17.5 Å². The van der Waals surface area contributed by atoms with Crippen molar-refractivity contribution >= 4 is 40.7 Å². The zero-order chi connectivity index (χ0) is 12.5. The fourth-order valence-corrected chi connectivity index (χ4v) is 3.80. The second-order valence-electron chi connectivity index (χ2n) is 5.35. The van der Waals surface area contributed by atoms with Crippen LogP contribution in [0, 0.1) is 5.41 Å². The maximum Gasteiger partial charge on any atom is 0.0638 e. The van der Waals surface area contributed by atoms with Gasteiger partial charge in [0.2, 0.25) is 0 Å². The molecule has 1 aromatic carbocycles. The van der Waals surface area contributed by atoms with Crippen LogP contribution in [0.5, 0.6) is 0 Å². The third kappa shape index (κ3) is 3.70. The fraction of sp³-hybridized carbons (Fsp3) is 0.538. The molecule has 0 aromatic heterocycles. The summed E-state index contributed by atoms with van der Waals surface area (Å²) in [5.74, 6) is 2.36. The molecule has 1 aliphatic rings. The molecule has 1 fully saturated rings. The first-order valence-corrected chi connectivity index (χ1v) is 7.67. The minimum Gasteiger partial charge on any atom is -0.380 e. The van der Waals surface area contributed by atoms with E-state index in [4.69, 9.17) is 23.2 Å². The Morgan fingerprint density at radius 1 is 1.35 bits per heavy atom. The Morgan fingerprint density at radius 3 is 2.82 bits per heavy atom. The van der Waals surface area contributed by atoms with Crippen molar-refractivity contribution in [3.63, 3.8) is 0 Å². The van der Waals surface area contributed by atoms with Gasteiger partial charge in [-0.05, 0) is 35.8 Å². The van der Waals surface area contributed by atoms with Crippen molar-refractivity contribution in [3.05, 3.63) is 28.2 Å². The van der Waals surface area contributed by atoms with Crippen molar-refractivity contribution in [1.29, 1.82) is 0 Å². The Hall–Kier alpha value is -0.0500.